The van der Waals surface area contributed by atoms with Crippen molar-refractivity contribution in [1.82, 2.24) is 9.97 Å². The van der Waals surface area contributed by atoms with E-state index in [1.165, 1.54) is 18.2 Å². The molecule has 0 aliphatic rings. The van der Waals surface area contributed by atoms with Gasteiger partial charge < -0.3 is 15.0 Å². The van der Waals surface area contributed by atoms with E-state index in [0.29, 0.717) is 16.4 Å². The molecule has 1 atom stereocenters. The quantitative estimate of drug-likeness (QED) is 0.614. The fourth-order valence-electron chi connectivity index (χ4n) is 2.44. The molecule has 1 unspecified atom stereocenters. The Bertz CT molecular complexity index is 972. The van der Waals surface area contributed by atoms with Crippen molar-refractivity contribution in [2.75, 3.05) is 12.4 Å². The second-order valence-electron chi connectivity index (χ2n) is 5.72. The maximum Gasteiger partial charge on any atom is 0.418 e. The first-order valence-corrected chi connectivity index (χ1v) is 8.83. The number of nitrogens with zero attached hydrogens (tertiary/aromatic N) is 1. The number of hydrogen-bond donors (Lipinski definition) is 2. The Balaban J connectivity index is 1.73. The van der Waals surface area contributed by atoms with Gasteiger partial charge in [0, 0.05) is 6.07 Å². The van der Waals surface area contributed by atoms with Gasteiger partial charge in [-0.15, -0.1) is 0 Å². The number of aromatic nitrogens is 2. The first-order chi connectivity index (χ1) is 12.8. The van der Waals surface area contributed by atoms with Crippen LogP contribution in [-0.4, -0.2) is 28.2 Å². The summed E-state index contributed by atoms with van der Waals surface area (Å²) in [7, 11) is 1.55. The molecule has 0 saturated carbocycles. The minimum atomic E-state index is -4.54. The van der Waals surface area contributed by atoms with Crippen LogP contribution in [0.15, 0.2) is 47.6 Å². The number of benzene rings is 2. The predicted molar refractivity (Wildman–Crippen MR) is 98.0 cm³/mol. The minimum Gasteiger partial charge on any atom is -0.497 e. The van der Waals surface area contributed by atoms with E-state index in [4.69, 9.17) is 4.74 Å². The molecule has 1 heterocycles. The summed E-state index contributed by atoms with van der Waals surface area (Å²) in [5.41, 5.74) is 0.295. The zero-order valence-corrected chi connectivity index (χ0v) is 15.2. The molecule has 0 fully saturated rings. The number of aromatic amines is 1. The molecule has 27 heavy (non-hydrogen) atoms. The van der Waals surface area contributed by atoms with Crippen molar-refractivity contribution < 1.29 is 22.7 Å². The molecule has 0 saturated heterocycles. The van der Waals surface area contributed by atoms with E-state index in [-0.39, 0.29) is 5.69 Å². The lowest BCUT2D eigenvalue weighted by Crippen LogP contribution is -2.24. The Morgan fingerprint density at radius 1 is 1.26 bits per heavy atom. The van der Waals surface area contributed by atoms with Gasteiger partial charge in [-0.25, -0.2) is 4.98 Å². The summed E-state index contributed by atoms with van der Waals surface area (Å²) in [5.74, 6) is 0.118. The fraction of sp³-hybridized carbons (Fsp3) is 0.222. The highest BCUT2D eigenvalue weighted by molar-refractivity contribution is 8.00. The second-order valence-corrected chi connectivity index (χ2v) is 7.05. The molecule has 0 bridgehead atoms. The Morgan fingerprint density at radius 3 is 2.70 bits per heavy atom. The number of thioether (sulfide) groups is 1. The van der Waals surface area contributed by atoms with Gasteiger partial charge in [-0.2, -0.15) is 13.2 Å². The van der Waals surface area contributed by atoms with Crippen molar-refractivity contribution >= 4 is 34.4 Å². The smallest absolute Gasteiger partial charge is 0.418 e. The highest BCUT2D eigenvalue weighted by Gasteiger charge is 2.34. The third-order valence-corrected chi connectivity index (χ3v) is 4.80. The summed E-state index contributed by atoms with van der Waals surface area (Å²) < 4.78 is 44.3. The molecule has 2 aromatic carbocycles. The van der Waals surface area contributed by atoms with E-state index in [9.17, 15) is 18.0 Å². The summed E-state index contributed by atoms with van der Waals surface area (Å²) in [4.78, 5) is 19.8. The van der Waals surface area contributed by atoms with Crippen molar-refractivity contribution in [2.24, 2.45) is 0 Å². The van der Waals surface area contributed by atoms with Gasteiger partial charge in [0.15, 0.2) is 5.16 Å². The van der Waals surface area contributed by atoms with Gasteiger partial charge in [0.2, 0.25) is 5.91 Å². The predicted octanol–water partition coefficient (Wildman–Crippen LogP) is 4.71. The first kappa shape index (κ1) is 19.1. The molecule has 9 heteroatoms. The highest BCUT2D eigenvalue weighted by Crippen LogP contribution is 2.35. The van der Waals surface area contributed by atoms with E-state index in [1.54, 1.807) is 32.2 Å². The number of alkyl halides is 3. The lowest BCUT2D eigenvalue weighted by molar-refractivity contribution is -0.137. The Kier molecular flexibility index (Phi) is 5.31. The van der Waals surface area contributed by atoms with Crippen LogP contribution in [0.3, 0.4) is 0 Å². The van der Waals surface area contributed by atoms with Crippen molar-refractivity contribution in [2.45, 2.75) is 23.5 Å². The first-order valence-electron chi connectivity index (χ1n) is 7.95. The largest absolute Gasteiger partial charge is 0.497 e. The number of fused-ring (bicyclic) bond motifs is 1. The number of anilines is 1. The second kappa shape index (κ2) is 7.51. The van der Waals surface area contributed by atoms with Crippen LogP contribution >= 0.6 is 11.8 Å². The van der Waals surface area contributed by atoms with Crippen LogP contribution in [0.2, 0.25) is 0 Å². The molecular formula is C18H16F3N3O2S. The molecule has 1 aromatic heterocycles. The Morgan fingerprint density at radius 2 is 2.00 bits per heavy atom. The molecule has 3 aromatic rings. The van der Waals surface area contributed by atoms with Gasteiger partial charge in [-0.05, 0) is 31.2 Å². The van der Waals surface area contributed by atoms with Gasteiger partial charge >= 0.3 is 6.18 Å². The number of carbonyl (C=O) groups is 1. The van der Waals surface area contributed by atoms with Crippen molar-refractivity contribution in [1.29, 1.82) is 0 Å². The van der Waals surface area contributed by atoms with Crippen LogP contribution in [0.1, 0.15) is 12.5 Å². The van der Waals surface area contributed by atoms with E-state index in [2.05, 4.69) is 15.3 Å². The zero-order valence-electron chi connectivity index (χ0n) is 14.4. The summed E-state index contributed by atoms with van der Waals surface area (Å²) in [6.45, 7) is 1.60. The number of H-pyrrole nitrogens is 1. The van der Waals surface area contributed by atoms with E-state index < -0.39 is 22.9 Å². The molecule has 3 rings (SSSR count). The number of ether oxygens (including phenoxy) is 1. The standard InChI is InChI=1S/C18H16F3N3O2S/c1-10(16(25)22-13-6-4-3-5-12(13)18(19,20)21)27-17-23-14-8-7-11(26-2)9-15(14)24-17/h3-10H,1-2H3,(H,22,25)(H,23,24). The molecule has 2 N–H and O–H groups in total. The number of carbonyl (C=O) groups excluding carboxylic acids is 1. The van der Waals surface area contributed by atoms with Gasteiger partial charge in [-0.1, -0.05) is 23.9 Å². The van der Waals surface area contributed by atoms with Crippen molar-refractivity contribution in [3.8, 4) is 5.75 Å². The Hall–Kier alpha value is -2.68. The summed E-state index contributed by atoms with van der Waals surface area (Å²) in [6.07, 6.45) is -4.54. The van der Waals surface area contributed by atoms with Crippen LogP contribution in [0.4, 0.5) is 18.9 Å². The van der Waals surface area contributed by atoms with Gasteiger partial charge in [0.25, 0.3) is 0 Å². The van der Waals surface area contributed by atoms with E-state index >= 15 is 0 Å². The normalized spacial score (nSPS) is 12.8. The number of para-hydroxylation sites is 1. The summed E-state index contributed by atoms with van der Waals surface area (Å²) in [6, 6.07) is 10.2. The third-order valence-electron chi connectivity index (χ3n) is 3.82. The van der Waals surface area contributed by atoms with Gasteiger partial charge in [0.1, 0.15) is 5.75 Å². The summed E-state index contributed by atoms with van der Waals surface area (Å²) in [5, 5.41) is 2.18. The average Bonchev–Trinajstić information content (AvgIpc) is 3.02. The summed E-state index contributed by atoms with van der Waals surface area (Å²) >= 11 is 1.12. The lowest BCUT2D eigenvalue weighted by atomic mass is 10.1. The number of amides is 1. The fourth-order valence-corrected chi connectivity index (χ4v) is 3.26. The molecule has 0 spiro atoms. The molecule has 0 radical (unpaired) electrons. The lowest BCUT2D eigenvalue weighted by Gasteiger charge is -2.15. The number of rotatable bonds is 5. The molecule has 0 aliphatic heterocycles. The number of imidazole rings is 1. The molecule has 142 valence electrons. The minimum absolute atomic E-state index is 0.267. The maximum atomic E-state index is 13.0. The van der Waals surface area contributed by atoms with Crippen LogP contribution in [0, 0.1) is 0 Å². The molecule has 1 amide bonds. The molecular weight excluding hydrogens is 379 g/mol. The number of halogens is 3. The highest BCUT2D eigenvalue weighted by atomic mass is 32.2. The van der Waals surface area contributed by atoms with Crippen molar-refractivity contribution in [3.05, 3.63) is 48.0 Å². The Labute approximate surface area is 157 Å². The van der Waals surface area contributed by atoms with Crippen LogP contribution < -0.4 is 10.1 Å². The van der Waals surface area contributed by atoms with Gasteiger partial charge in [-0.3, -0.25) is 4.79 Å². The van der Waals surface area contributed by atoms with Crippen LogP contribution in [-0.2, 0) is 11.0 Å². The average molecular weight is 395 g/mol. The monoisotopic (exact) mass is 395 g/mol. The SMILES string of the molecule is COc1ccc2nc(SC(C)C(=O)Nc3ccccc3C(F)(F)F)[nH]c2c1. The number of nitrogens with one attached hydrogen (secondary N) is 2. The van der Waals surface area contributed by atoms with Crippen molar-refractivity contribution in [3.63, 3.8) is 0 Å². The van der Waals surface area contributed by atoms with Gasteiger partial charge in [0.05, 0.1) is 34.6 Å². The van der Waals surface area contributed by atoms with Crippen LogP contribution in [0.25, 0.3) is 11.0 Å². The topological polar surface area (TPSA) is 67.0 Å². The van der Waals surface area contributed by atoms with E-state index in [0.717, 1.165) is 23.3 Å². The number of hydrogen-bond acceptors (Lipinski definition) is 4. The number of methoxy groups -OCH3 is 1. The van der Waals surface area contributed by atoms with Crippen LogP contribution in [0.5, 0.6) is 5.75 Å². The van der Waals surface area contributed by atoms with E-state index in [1.807, 2.05) is 0 Å². The molecule has 5 nitrogen and oxygen atoms in total. The maximum absolute atomic E-state index is 13.0. The molecule has 0 aliphatic carbocycles. The third kappa shape index (κ3) is 4.36. The zero-order chi connectivity index (χ0) is 19.6.